The van der Waals surface area contributed by atoms with Crippen molar-refractivity contribution in [2.75, 3.05) is 19.7 Å². The van der Waals surface area contributed by atoms with Crippen molar-refractivity contribution in [3.05, 3.63) is 29.3 Å². The molecule has 2 fully saturated rings. The zero-order chi connectivity index (χ0) is 25.2. The topological polar surface area (TPSA) is 99.6 Å². The van der Waals surface area contributed by atoms with Gasteiger partial charge in [-0.2, -0.15) is 0 Å². The van der Waals surface area contributed by atoms with E-state index in [0.717, 1.165) is 43.5 Å². The predicted octanol–water partition coefficient (Wildman–Crippen LogP) is 4.29. The second kappa shape index (κ2) is 10.8. The van der Waals surface area contributed by atoms with Crippen LogP contribution in [0.4, 0.5) is 0 Å². The van der Waals surface area contributed by atoms with Gasteiger partial charge in [0, 0.05) is 12.5 Å². The summed E-state index contributed by atoms with van der Waals surface area (Å²) >= 11 is 0. The summed E-state index contributed by atoms with van der Waals surface area (Å²) in [7, 11) is 0. The first kappa shape index (κ1) is 26.4. The Morgan fingerprint density at radius 3 is 2.77 bits per heavy atom. The molecular formula is C29H47N3O3. The molecule has 6 heteroatoms. The lowest BCUT2D eigenvalue weighted by molar-refractivity contribution is -0.156. The lowest BCUT2D eigenvalue weighted by Crippen LogP contribution is -2.49. The first-order valence-corrected chi connectivity index (χ1v) is 13.8. The van der Waals surface area contributed by atoms with E-state index in [1.165, 1.54) is 37.7 Å². The van der Waals surface area contributed by atoms with Crippen molar-refractivity contribution >= 4 is 5.97 Å². The number of carbonyl (C=O) groups excluding carboxylic acids is 1. The van der Waals surface area contributed by atoms with E-state index in [4.69, 9.17) is 20.9 Å². The van der Waals surface area contributed by atoms with E-state index in [9.17, 15) is 4.79 Å². The van der Waals surface area contributed by atoms with Crippen LogP contribution >= 0.6 is 0 Å². The maximum absolute atomic E-state index is 12.1. The van der Waals surface area contributed by atoms with Gasteiger partial charge in [0.2, 0.25) is 0 Å². The summed E-state index contributed by atoms with van der Waals surface area (Å²) < 4.78 is 11.4. The van der Waals surface area contributed by atoms with Crippen LogP contribution in [0.15, 0.2) is 18.2 Å². The molecule has 1 aromatic rings. The van der Waals surface area contributed by atoms with Crippen LogP contribution in [-0.2, 0) is 16.0 Å². The fourth-order valence-corrected chi connectivity index (χ4v) is 7.16. The van der Waals surface area contributed by atoms with Crippen LogP contribution in [0.2, 0.25) is 0 Å². The summed E-state index contributed by atoms with van der Waals surface area (Å²) in [6.45, 7) is 10.3. The van der Waals surface area contributed by atoms with Crippen molar-refractivity contribution in [2.24, 2.45) is 28.7 Å². The van der Waals surface area contributed by atoms with Gasteiger partial charge in [0.1, 0.15) is 17.4 Å². The van der Waals surface area contributed by atoms with Gasteiger partial charge >= 0.3 is 5.97 Å². The molecule has 0 radical (unpaired) electrons. The van der Waals surface area contributed by atoms with Gasteiger partial charge in [0.05, 0.1) is 6.61 Å². The van der Waals surface area contributed by atoms with E-state index in [2.05, 4.69) is 30.4 Å². The second-order valence-corrected chi connectivity index (χ2v) is 12.3. The largest absolute Gasteiger partial charge is 0.494 e. The van der Waals surface area contributed by atoms with E-state index in [0.29, 0.717) is 30.4 Å². The summed E-state index contributed by atoms with van der Waals surface area (Å²) in [5.41, 5.74) is 14.6. The van der Waals surface area contributed by atoms with Crippen LogP contribution in [-0.4, -0.2) is 43.4 Å². The number of ether oxygens (including phenoxy) is 2. The molecule has 196 valence electrons. The number of benzene rings is 1. The van der Waals surface area contributed by atoms with Gasteiger partial charge < -0.3 is 26.3 Å². The lowest BCUT2D eigenvalue weighted by Gasteiger charge is -2.51. The molecule has 0 aromatic heterocycles. The van der Waals surface area contributed by atoms with Gasteiger partial charge in [0.25, 0.3) is 0 Å². The molecule has 6 atom stereocenters. The average Bonchev–Trinajstić information content (AvgIpc) is 3.14. The Morgan fingerprint density at radius 1 is 1.23 bits per heavy atom. The average molecular weight is 486 g/mol. The van der Waals surface area contributed by atoms with Gasteiger partial charge in [-0.3, -0.25) is 4.79 Å². The highest BCUT2D eigenvalue weighted by atomic mass is 16.6. The Kier molecular flexibility index (Phi) is 8.14. The highest BCUT2D eigenvalue weighted by Gasteiger charge is 2.54. The number of hydrogen-bond acceptors (Lipinski definition) is 6. The van der Waals surface area contributed by atoms with E-state index in [1.54, 1.807) is 5.56 Å². The Labute approximate surface area is 211 Å². The molecule has 2 saturated carbocycles. The number of esters is 1. The molecule has 3 aliphatic rings. The first-order valence-electron chi connectivity index (χ1n) is 13.8. The van der Waals surface area contributed by atoms with Crippen LogP contribution in [0.1, 0.15) is 89.7 Å². The SMILES string of the molecule is CC(C)(C)OC(=O)C(N)CCOc1ccc2c(c1)CC[C@@H]1[C@@H]2CC[C@]2(C)[C@@H](NCCCN)CC[C@@H]12. The van der Waals surface area contributed by atoms with E-state index >= 15 is 0 Å². The first-order chi connectivity index (χ1) is 16.6. The maximum Gasteiger partial charge on any atom is 0.323 e. The fourth-order valence-electron chi connectivity index (χ4n) is 7.16. The zero-order valence-corrected chi connectivity index (χ0v) is 22.3. The Bertz CT molecular complexity index is 882. The molecule has 4 rings (SSSR count). The molecular weight excluding hydrogens is 438 g/mol. The molecule has 0 heterocycles. The predicted molar refractivity (Wildman–Crippen MR) is 140 cm³/mol. The lowest BCUT2D eigenvalue weighted by atomic mass is 9.55. The van der Waals surface area contributed by atoms with Crippen molar-refractivity contribution in [1.82, 2.24) is 5.32 Å². The van der Waals surface area contributed by atoms with Crippen molar-refractivity contribution in [1.29, 1.82) is 0 Å². The molecule has 0 saturated heterocycles. The Morgan fingerprint density at radius 2 is 2.03 bits per heavy atom. The summed E-state index contributed by atoms with van der Waals surface area (Å²) in [6.07, 6.45) is 9.16. The summed E-state index contributed by atoms with van der Waals surface area (Å²) in [6, 6.07) is 6.63. The van der Waals surface area contributed by atoms with Crippen LogP contribution in [0.3, 0.4) is 0 Å². The molecule has 6 nitrogen and oxygen atoms in total. The number of nitrogens with two attached hydrogens (primary N) is 2. The van der Waals surface area contributed by atoms with Gasteiger partial charge in [-0.25, -0.2) is 0 Å². The summed E-state index contributed by atoms with van der Waals surface area (Å²) in [4.78, 5) is 12.1. The monoisotopic (exact) mass is 485 g/mol. The quantitative estimate of drug-likeness (QED) is 0.356. The van der Waals surface area contributed by atoms with Crippen LogP contribution in [0.25, 0.3) is 0 Å². The van der Waals surface area contributed by atoms with Crippen LogP contribution in [0, 0.1) is 17.3 Å². The minimum Gasteiger partial charge on any atom is -0.494 e. The van der Waals surface area contributed by atoms with E-state index < -0.39 is 11.6 Å². The number of rotatable bonds is 9. The molecule has 1 unspecified atom stereocenters. The van der Waals surface area contributed by atoms with Gasteiger partial charge in [0.15, 0.2) is 0 Å². The Hall–Kier alpha value is -1.63. The van der Waals surface area contributed by atoms with Gasteiger partial charge in [-0.1, -0.05) is 13.0 Å². The van der Waals surface area contributed by atoms with Crippen molar-refractivity contribution in [2.45, 2.75) is 103 Å². The highest BCUT2D eigenvalue weighted by Crippen LogP contribution is 2.61. The molecule has 0 spiro atoms. The molecule has 0 aliphatic heterocycles. The van der Waals surface area contributed by atoms with E-state index in [-0.39, 0.29) is 5.97 Å². The third kappa shape index (κ3) is 5.86. The number of nitrogens with one attached hydrogen (secondary N) is 1. The molecule has 0 amide bonds. The molecule has 1 aromatic carbocycles. The number of aryl methyl sites for hydroxylation is 1. The number of carbonyl (C=O) groups is 1. The van der Waals surface area contributed by atoms with Crippen LogP contribution < -0.4 is 21.5 Å². The standard InChI is InChI=1S/C29H47N3O3/c1-28(2,3)35-27(33)25(31)13-17-34-20-7-9-21-19(18-20)6-8-23-22(21)12-14-29(4)24(23)10-11-26(29)32-16-5-15-30/h7,9,18,22-26,32H,5-6,8,10-17,30-31H2,1-4H3/t22-,23-,24+,25?,26+,29+/m1/s1. The minimum atomic E-state index is -0.663. The van der Waals surface area contributed by atoms with Crippen LogP contribution in [0.5, 0.6) is 5.75 Å². The Balaban J connectivity index is 1.34. The highest BCUT2D eigenvalue weighted by molar-refractivity contribution is 5.75. The molecule has 35 heavy (non-hydrogen) atoms. The zero-order valence-electron chi connectivity index (χ0n) is 22.3. The fraction of sp³-hybridized carbons (Fsp3) is 0.759. The second-order valence-electron chi connectivity index (χ2n) is 12.3. The molecule has 3 aliphatic carbocycles. The van der Waals surface area contributed by atoms with E-state index in [1.807, 2.05) is 20.8 Å². The minimum absolute atomic E-state index is 0.370. The summed E-state index contributed by atoms with van der Waals surface area (Å²) in [5.74, 6) is 2.79. The number of fused-ring (bicyclic) bond motifs is 5. The molecule has 0 bridgehead atoms. The number of hydrogen-bond donors (Lipinski definition) is 3. The smallest absolute Gasteiger partial charge is 0.323 e. The van der Waals surface area contributed by atoms with Gasteiger partial charge in [-0.05, 0) is 125 Å². The third-order valence-corrected chi connectivity index (χ3v) is 8.88. The van der Waals surface area contributed by atoms with Gasteiger partial charge in [-0.15, -0.1) is 0 Å². The van der Waals surface area contributed by atoms with Crippen molar-refractivity contribution < 1.29 is 14.3 Å². The third-order valence-electron chi connectivity index (χ3n) is 8.88. The van der Waals surface area contributed by atoms with Crippen molar-refractivity contribution in [3.63, 3.8) is 0 Å². The maximum atomic E-state index is 12.1. The molecule has 5 N–H and O–H groups in total. The summed E-state index contributed by atoms with van der Waals surface area (Å²) in [5, 5.41) is 3.86. The van der Waals surface area contributed by atoms with Crippen molar-refractivity contribution in [3.8, 4) is 5.75 Å². The normalized spacial score (nSPS) is 30.7.